The first-order valence-corrected chi connectivity index (χ1v) is 7.41. The molecule has 0 bridgehead atoms. The number of carboxylic acid groups (broad SMARTS) is 1. The van der Waals surface area contributed by atoms with Gasteiger partial charge in [-0.1, -0.05) is 49.6 Å². The van der Waals surface area contributed by atoms with Gasteiger partial charge in [-0.05, 0) is 39.4 Å². The van der Waals surface area contributed by atoms with E-state index < -0.39 is 11.4 Å². The number of aliphatic carboxylic acids is 1. The molecule has 3 nitrogen and oxygen atoms in total. The van der Waals surface area contributed by atoms with Gasteiger partial charge in [0.25, 0.3) is 0 Å². The van der Waals surface area contributed by atoms with Gasteiger partial charge in [0.1, 0.15) is 5.41 Å². The quantitative estimate of drug-likeness (QED) is 0.916. The van der Waals surface area contributed by atoms with E-state index in [9.17, 15) is 9.90 Å². The standard InChI is InChI=1S/C17H25NO2/c1-16(15(19)20,14-10-6-4-7-11-14)17(18(2)3)12-8-5-9-13-17/h4,6-7,10-11H,5,8-9,12-13H2,1-3H3,(H,19,20). The van der Waals surface area contributed by atoms with Crippen LogP contribution in [0.15, 0.2) is 30.3 Å². The molecule has 3 heteroatoms. The molecule has 1 aromatic rings. The van der Waals surface area contributed by atoms with Gasteiger partial charge in [-0.25, -0.2) is 0 Å². The van der Waals surface area contributed by atoms with Crippen molar-refractivity contribution in [3.8, 4) is 0 Å². The summed E-state index contributed by atoms with van der Waals surface area (Å²) >= 11 is 0. The zero-order valence-corrected chi connectivity index (χ0v) is 12.7. The van der Waals surface area contributed by atoms with Gasteiger partial charge in [0, 0.05) is 5.54 Å². The monoisotopic (exact) mass is 275 g/mol. The van der Waals surface area contributed by atoms with Crippen molar-refractivity contribution in [3.63, 3.8) is 0 Å². The number of rotatable bonds is 4. The lowest BCUT2D eigenvalue weighted by atomic mass is 9.60. The Morgan fingerprint density at radius 3 is 2.15 bits per heavy atom. The molecular formula is C17H25NO2. The van der Waals surface area contributed by atoms with E-state index in [4.69, 9.17) is 0 Å². The van der Waals surface area contributed by atoms with Crippen LogP contribution in [0.25, 0.3) is 0 Å². The van der Waals surface area contributed by atoms with Gasteiger partial charge < -0.3 is 10.0 Å². The molecular weight excluding hydrogens is 250 g/mol. The highest BCUT2D eigenvalue weighted by molar-refractivity contribution is 5.83. The highest BCUT2D eigenvalue weighted by Crippen LogP contribution is 2.47. The molecule has 0 aromatic heterocycles. The van der Waals surface area contributed by atoms with E-state index in [1.807, 2.05) is 51.4 Å². The zero-order valence-electron chi connectivity index (χ0n) is 12.7. The molecule has 1 fully saturated rings. The lowest BCUT2D eigenvalue weighted by Gasteiger charge is -2.53. The molecule has 2 rings (SSSR count). The predicted octanol–water partition coefficient (Wildman–Crippen LogP) is 3.29. The van der Waals surface area contributed by atoms with Crippen LogP contribution in [0.4, 0.5) is 0 Å². The lowest BCUT2D eigenvalue weighted by molar-refractivity contribution is -0.151. The fourth-order valence-electron chi connectivity index (χ4n) is 3.89. The SMILES string of the molecule is CN(C)C1(C(C)(C(=O)O)c2ccccc2)CCCCC1. The van der Waals surface area contributed by atoms with Crippen molar-refractivity contribution in [1.82, 2.24) is 4.90 Å². The summed E-state index contributed by atoms with van der Waals surface area (Å²) < 4.78 is 0. The molecule has 1 aromatic carbocycles. The van der Waals surface area contributed by atoms with E-state index in [1.165, 1.54) is 6.42 Å². The number of hydrogen-bond donors (Lipinski definition) is 1. The van der Waals surface area contributed by atoms with Gasteiger partial charge in [-0.3, -0.25) is 4.79 Å². The van der Waals surface area contributed by atoms with E-state index in [0.717, 1.165) is 31.2 Å². The molecule has 1 saturated carbocycles. The Labute approximate surface area is 121 Å². The van der Waals surface area contributed by atoms with Crippen LogP contribution in [0, 0.1) is 0 Å². The summed E-state index contributed by atoms with van der Waals surface area (Å²) in [4.78, 5) is 14.4. The van der Waals surface area contributed by atoms with Crippen molar-refractivity contribution in [3.05, 3.63) is 35.9 Å². The van der Waals surface area contributed by atoms with Crippen LogP contribution in [0.1, 0.15) is 44.6 Å². The van der Waals surface area contributed by atoms with Crippen molar-refractivity contribution in [2.24, 2.45) is 0 Å². The van der Waals surface area contributed by atoms with Gasteiger partial charge in [0.15, 0.2) is 0 Å². The maximum atomic E-state index is 12.2. The molecule has 0 saturated heterocycles. The minimum atomic E-state index is -0.877. The van der Waals surface area contributed by atoms with Crippen LogP contribution < -0.4 is 0 Å². The van der Waals surface area contributed by atoms with Crippen molar-refractivity contribution in [2.45, 2.75) is 50.0 Å². The minimum Gasteiger partial charge on any atom is -0.481 e. The van der Waals surface area contributed by atoms with Crippen molar-refractivity contribution in [1.29, 1.82) is 0 Å². The Morgan fingerprint density at radius 1 is 1.15 bits per heavy atom. The number of carboxylic acids is 1. The third-order valence-corrected chi connectivity index (χ3v) is 5.25. The first-order chi connectivity index (χ1) is 9.45. The summed E-state index contributed by atoms with van der Waals surface area (Å²) in [5, 5.41) is 10.0. The van der Waals surface area contributed by atoms with Crippen LogP contribution in [0.3, 0.4) is 0 Å². The summed E-state index contributed by atoms with van der Waals surface area (Å²) in [6, 6.07) is 9.71. The molecule has 20 heavy (non-hydrogen) atoms. The first kappa shape index (κ1) is 15.0. The Morgan fingerprint density at radius 2 is 1.70 bits per heavy atom. The second-order valence-electron chi connectivity index (χ2n) is 6.28. The minimum absolute atomic E-state index is 0.307. The van der Waals surface area contributed by atoms with E-state index in [-0.39, 0.29) is 5.54 Å². The third-order valence-electron chi connectivity index (χ3n) is 5.25. The van der Waals surface area contributed by atoms with E-state index in [2.05, 4.69) is 4.90 Å². The zero-order chi connectivity index (χ0) is 14.8. The topological polar surface area (TPSA) is 40.5 Å². The highest BCUT2D eigenvalue weighted by atomic mass is 16.4. The van der Waals surface area contributed by atoms with Crippen LogP contribution in [0.2, 0.25) is 0 Å². The van der Waals surface area contributed by atoms with Gasteiger partial charge in [0.05, 0.1) is 0 Å². The van der Waals surface area contributed by atoms with Gasteiger partial charge >= 0.3 is 5.97 Å². The van der Waals surface area contributed by atoms with Crippen molar-refractivity contribution < 1.29 is 9.90 Å². The lowest BCUT2D eigenvalue weighted by Crippen LogP contribution is -2.63. The van der Waals surface area contributed by atoms with Gasteiger partial charge in [0.2, 0.25) is 0 Å². The van der Waals surface area contributed by atoms with E-state index in [0.29, 0.717) is 0 Å². The van der Waals surface area contributed by atoms with E-state index >= 15 is 0 Å². The van der Waals surface area contributed by atoms with Gasteiger partial charge in [-0.2, -0.15) is 0 Å². The van der Waals surface area contributed by atoms with E-state index in [1.54, 1.807) is 0 Å². The first-order valence-electron chi connectivity index (χ1n) is 7.41. The maximum Gasteiger partial charge on any atom is 0.315 e. The normalized spacial score (nSPS) is 21.4. The van der Waals surface area contributed by atoms with Gasteiger partial charge in [-0.15, -0.1) is 0 Å². The van der Waals surface area contributed by atoms with Crippen LogP contribution in [-0.4, -0.2) is 35.6 Å². The fraction of sp³-hybridized carbons (Fsp3) is 0.588. The summed E-state index contributed by atoms with van der Waals surface area (Å²) in [5.41, 5.74) is -0.278. The molecule has 1 N–H and O–H groups in total. The van der Waals surface area contributed by atoms with Crippen molar-refractivity contribution >= 4 is 5.97 Å². The summed E-state index contributed by atoms with van der Waals surface area (Å²) in [6.07, 6.45) is 5.30. The highest BCUT2D eigenvalue weighted by Gasteiger charge is 2.55. The second kappa shape index (κ2) is 5.57. The molecule has 1 aliphatic carbocycles. The molecule has 1 atom stereocenters. The van der Waals surface area contributed by atoms with Crippen LogP contribution >= 0.6 is 0 Å². The molecule has 1 aliphatic rings. The second-order valence-corrected chi connectivity index (χ2v) is 6.28. The summed E-state index contributed by atoms with van der Waals surface area (Å²) in [5.74, 6) is -0.723. The molecule has 0 amide bonds. The molecule has 0 radical (unpaired) electrons. The van der Waals surface area contributed by atoms with Crippen molar-refractivity contribution in [2.75, 3.05) is 14.1 Å². The molecule has 110 valence electrons. The molecule has 0 spiro atoms. The Bertz CT molecular complexity index is 463. The Kier molecular flexibility index (Phi) is 4.19. The van der Waals surface area contributed by atoms with Crippen LogP contribution in [-0.2, 0) is 10.2 Å². The maximum absolute atomic E-state index is 12.2. The largest absolute Gasteiger partial charge is 0.481 e. The number of carbonyl (C=O) groups is 1. The summed E-state index contributed by atoms with van der Waals surface area (Å²) in [6.45, 7) is 1.90. The predicted molar refractivity (Wildman–Crippen MR) is 80.9 cm³/mol. The fourth-order valence-corrected chi connectivity index (χ4v) is 3.89. The third kappa shape index (κ3) is 2.14. The number of benzene rings is 1. The smallest absolute Gasteiger partial charge is 0.315 e. The molecule has 0 aliphatic heterocycles. The number of hydrogen-bond acceptors (Lipinski definition) is 2. The number of likely N-dealkylation sites (N-methyl/N-ethyl adjacent to an activating group) is 1. The Balaban J connectivity index is 2.58. The summed E-state index contributed by atoms with van der Waals surface area (Å²) in [7, 11) is 4.05. The average Bonchev–Trinajstić information content (AvgIpc) is 2.47. The average molecular weight is 275 g/mol. The molecule has 0 heterocycles. The number of nitrogens with zero attached hydrogens (tertiary/aromatic N) is 1. The Hall–Kier alpha value is -1.35. The van der Waals surface area contributed by atoms with Crippen LogP contribution in [0.5, 0.6) is 0 Å². The molecule has 1 unspecified atom stereocenters.